The monoisotopic (exact) mass is 377 g/mol. The van der Waals surface area contributed by atoms with E-state index in [1.54, 1.807) is 25.3 Å². The maximum Gasteiger partial charge on any atom is 0.407 e. The number of benzene rings is 1. The number of sulfonamides is 1. The van der Waals surface area contributed by atoms with Crippen LogP contribution >= 0.6 is 0 Å². The molecule has 1 atom stereocenters. The van der Waals surface area contributed by atoms with Gasteiger partial charge in [-0.25, -0.2) is 13.2 Å². The fourth-order valence-corrected chi connectivity index (χ4v) is 4.90. The number of fused-ring (bicyclic) bond motifs is 1. The molecule has 0 saturated carbocycles. The van der Waals surface area contributed by atoms with Gasteiger partial charge in [0.2, 0.25) is 10.0 Å². The van der Waals surface area contributed by atoms with Gasteiger partial charge < -0.3 is 10.1 Å². The van der Waals surface area contributed by atoms with Crippen LogP contribution in [0.2, 0.25) is 0 Å². The van der Waals surface area contributed by atoms with Crippen molar-refractivity contribution in [2.24, 2.45) is 0 Å². The quantitative estimate of drug-likeness (QED) is 0.884. The highest BCUT2D eigenvalue weighted by Gasteiger charge is 2.32. The Kier molecular flexibility index (Phi) is 5.43. The van der Waals surface area contributed by atoms with Crippen LogP contribution in [0.1, 0.15) is 25.3 Å². The first-order valence-corrected chi connectivity index (χ1v) is 10.1. The highest BCUT2D eigenvalue weighted by Crippen LogP contribution is 2.26. The SMILES string of the molecule is CCOC(=O)NC1CCCN(S(=O)(=O)c2cccc3cc(C)cnc23)C1. The van der Waals surface area contributed by atoms with E-state index in [2.05, 4.69) is 10.3 Å². The number of amides is 1. The van der Waals surface area contributed by atoms with Crippen molar-refractivity contribution in [2.75, 3.05) is 19.7 Å². The average molecular weight is 377 g/mol. The van der Waals surface area contributed by atoms with Crippen molar-refractivity contribution in [3.63, 3.8) is 0 Å². The number of pyridine rings is 1. The molecule has 1 aromatic heterocycles. The van der Waals surface area contributed by atoms with Gasteiger partial charge >= 0.3 is 6.09 Å². The molecule has 1 aromatic carbocycles. The Hall–Kier alpha value is -2.19. The van der Waals surface area contributed by atoms with Gasteiger partial charge in [-0.1, -0.05) is 12.1 Å². The molecule has 3 rings (SSSR count). The summed E-state index contributed by atoms with van der Waals surface area (Å²) in [5.74, 6) is 0. The molecule has 1 fully saturated rings. The number of alkyl carbamates (subject to hydrolysis) is 1. The Morgan fingerprint density at radius 1 is 1.42 bits per heavy atom. The number of hydrogen-bond donors (Lipinski definition) is 1. The zero-order valence-corrected chi connectivity index (χ0v) is 15.8. The second kappa shape index (κ2) is 7.59. The molecule has 0 bridgehead atoms. The van der Waals surface area contributed by atoms with E-state index in [1.807, 2.05) is 19.1 Å². The van der Waals surface area contributed by atoms with Crippen molar-refractivity contribution < 1.29 is 17.9 Å². The maximum absolute atomic E-state index is 13.2. The molecule has 8 heteroatoms. The molecule has 140 valence electrons. The van der Waals surface area contributed by atoms with Gasteiger partial charge in [-0.15, -0.1) is 0 Å². The Morgan fingerprint density at radius 3 is 3.00 bits per heavy atom. The molecule has 1 amide bonds. The van der Waals surface area contributed by atoms with Crippen LogP contribution in [-0.2, 0) is 14.8 Å². The number of para-hydroxylation sites is 1. The van der Waals surface area contributed by atoms with Gasteiger partial charge in [0.05, 0.1) is 12.1 Å². The summed E-state index contributed by atoms with van der Waals surface area (Å²) in [4.78, 5) is 16.2. The van der Waals surface area contributed by atoms with E-state index in [9.17, 15) is 13.2 Å². The van der Waals surface area contributed by atoms with Crippen LogP contribution < -0.4 is 5.32 Å². The standard InChI is InChI=1S/C18H23N3O4S/c1-3-25-18(22)20-15-7-5-9-21(12-15)26(23,24)16-8-4-6-14-10-13(2)11-19-17(14)16/h4,6,8,10-11,15H,3,5,7,9,12H2,1-2H3,(H,20,22). The molecular formula is C18H23N3O4S. The molecule has 0 radical (unpaired) electrons. The summed E-state index contributed by atoms with van der Waals surface area (Å²) in [6, 6.07) is 6.83. The van der Waals surface area contributed by atoms with Crippen LogP contribution in [0.3, 0.4) is 0 Å². The maximum atomic E-state index is 13.2. The smallest absolute Gasteiger partial charge is 0.407 e. The molecule has 1 unspecified atom stereocenters. The summed E-state index contributed by atoms with van der Waals surface area (Å²) in [5, 5.41) is 3.53. The Bertz CT molecular complexity index is 914. The topological polar surface area (TPSA) is 88.6 Å². The minimum atomic E-state index is -3.70. The highest BCUT2D eigenvalue weighted by atomic mass is 32.2. The Labute approximate surface area is 153 Å². The average Bonchev–Trinajstić information content (AvgIpc) is 2.61. The van der Waals surface area contributed by atoms with Crippen molar-refractivity contribution in [2.45, 2.75) is 37.6 Å². The van der Waals surface area contributed by atoms with Crippen LogP contribution in [0.5, 0.6) is 0 Å². The molecule has 1 N–H and O–H groups in total. The van der Waals surface area contributed by atoms with Gasteiger partial charge in [0.25, 0.3) is 0 Å². The van der Waals surface area contributed by atoms with Gasteiger partial charge in [-0.3, -0.25) is 4.98 Å². The van der Waals surface area contributed by atoms with Gasteiger partial charge in [0.1, 0.15) is 4.90 Å². The van der Waals surface area contributed by atoms with Gasteiger partial charge in [-0.05, 0) is 44.4 Å². The summed E-state index contributed by atoms with van der Waals surface area (Å²) >= 11 is 0. The third-order valence-electron chi connectivity index (χ3n) is 4.41. The summed E-state index contributed by atoms with van der Waals surface area (Å²) in [5.41, 5.74) is 1.45. The molecule has 0 aliphatic carbocycles. The number of nitrogens with one attached hydrogen (secondary N) is 1. The van der Waals surface area contributed by atoms with E-state index in [4.69, 9.17) is 4.74 Å². The van der Waals surface area contributed by atoms with E-state index in [0.29, 0.717) is 18.5 Å². The number of aromatic nitrogens is 1. The number of ether oxygens (including phenoxy) is 1. The molecule has 0 spiro atoms. The van der Waals surface area contributed by atoms with Crippen LogP contribution in [-0.4, -0.2) is 49.5 Å². The zero-order valence-electron chi connectivity index (χ0n) is 14.9. The summed E-state index contributed by atoms with van der Waals surface area (Å²) in [6.45, 7) is 4.58. The molecular weight excluding hydrogens is 354 g/mol. The number of nitrogens with zero attached hydrogens (tertiary/aromatic N) is 2. The van der Waals surface area contributed by atoms with Crippen LogP contribution in [0.4, 0.5) is 4.79 Å². The number of piperidine rings is 1. The summed E-state index contributed by atoms with van der Waals surface area (Å²) in [7, 11) is -3.70. The number of hydrogen-bond acceptors (Lipinski definition) is 5. The van der Waals surface area contributed by atoms with E-state index in [-0.39, 0.29) is 24.1 Å². The summed E-state index contributed by atoms with van der Waals surface area (Å²) in [6.07, 6.45) is 2.55. The van der Waals surface area contributed by atoms with E-state index in [1.165, 1.54) is 4.31 Å². The first-order chi connectivity index (χ1) is 12.4. The lowest BCUT2D eigenvalue weighted by molar-refractivity contribution is 0.142. The predicted octanol–water partition coefficient (Wildman–Crippen LogP) is 2.44. The normalized spacial score (nSPS) is 18.6. The number of rotatable bonds is 4. The van der Waals surface area contributed by atoms with Gasteiger partial charge in [0.15, 0.2) is 0 Å². The lowest BCUT2D eigenvalue weighted by Crippen LogP contribution is -2.49. The molecule has 7 nitrogen and oxygen atoms in total. The molecule has 1 aliphatic heterocycles. The van der Waals surface area contributed by atoms with Crippen LogP contribution in [0, 0.1) is 6.92 Å². The lowest BCUT2D eigenvalue weighted by Gasteiger charge is -2.32. The van der Waals surface area contributed by atoms with Crippen molar-refractivity contribution >= 4 is 27.0 Å². The van der Waals surface area contributed by atoms with Crippen molar-refractivity contribution in [1.82, 2.24) is 14.6 Å². The highest BCUT2D eigenvalue weighted by molar-refractivity contribution is 7.89. The van der Waals surface area contributed by atoms with Gasteiger partial charge in [0, 0.05) is 30.7 Å². The second-order valence-corrected chi connectivity index (χ2v) is 8.31. The first kappa shape index (κ1) is 18.6. The van der Waals surface area contributed by atoms with Crippen molar-refractivity contribution in [3.05, 3.63) is 36.0 Å². The van der Waals surface area contributed by atoms with Crippen LogP contribution in [0.15, 0.2) is 35.4 Å². The van der Waals surface area contributed by atoms with Crippen molar-refractivity contribution in [1.29, 1.82) is 0 Å². The second-order valence-electron chi connectivity index (χ2n) is 6.41. The molecule has 2 heterocycles. The third kappa shape index (κ3) is 3.81. The van der Waals surface area contributed by atoms with Gasteiger partial charge in [-0.2, -0.15) is 4.31 Å². The minimum absolute atomic E-state index is 0.201. The Balaban J connectivity index is 1.87. The largest absolute Gasteiger partial charge is 0.450 e. The zero-order chi connectivity index (χ0) is 18.7. The fraction of sp³-hybridized carbons (Fsp3) is 0.444. The fourth-order valence-electron chi connectivity index (χ4n) is 3.21. The third-order valence-corrected chi connectivity index (χ3v) is 6.31. The number of carbonyl (C=O) groups excluding carboxylic acids is 1. The van der Waals surface area contributed by atoms with E-state index < -0.39 is 16.1 Å². The predicted molar refractivity (Wildman–Crippen MR) is 98.4 cm³/mol. The molecule has 1 aliphatic rings. The molecule has 26 heavy (non-hydrogen) atoms. The number of carbonyl (C=O) groups is 1. The lowest BCUT2D eigenvalue weighted by atomic mass is 10.1. The first-order valence-electron chi connectivity index (χ1n) is 8.70. The minimum Gasteiger partial charge on any atom is -0.450 e. The summed E-state index contributed by atoms with van der Waals surface area (Å²) < 4.78 is 32.7. The Morgan fingerprint density at radius 2 is 2.23 bits per heavy atom. The number of aryl methyl sites for hydroxylation is 1. The van der Waals surface area contributed by atoms with Crippen molar-refractivity contribution in [3.8, 4) is 0 Å². The van der Waals surface area contributed by atoms with E-state index in [0.717, 1.165) is 17.4 Å². The molecule has 1 saturated heterocycles. The van der Waals surface area contributed by atoms with Crippen LogP contribution in [0.25, 0.3) is 10.9 Å². The van der Waals surface area contributed by atoms with E-state index >= 15 is 0 Å². The molecule has 2 aromatic rings.